The van der Waals surface area contributed by atoms with Gasteiger partial charge >= 0.3 is 0 Å². The van der Waals surface area contributed by atoms with Crippen molar-refractivity contribution in [2.24, 2.45) is 23.7 Å². The Hall–Kier alpha value is -1.23. The molecule has 0 radical (unpaired) electrons. The normalized spacial score (nSPS) is 22.9. The van der Waals surface area contributed by atoms with Crippen molar-refractivity contribution < 1.29 is 33.2 Å². The van der Waals surface area contributed by atoms with E-state index in [1.54, 1.807) is 14.2 Å². The van der Waals surface area contributed by atoms with Gasteiger partial charge in [-0.15, -0.1) is 0 Å². The quantitative estimate of drug-likeness (QED) is 0.0927. The molecule has 9 atom stereocenters. The van der Waals surface area contributed by atoms with Crippen LogP contribution < -0.4 is 4.74 Å². The summed E-state index contributed by atoms with van der Waals surface area (Å²) in [6.45, 7) is 28.0. The monoisotopic (exact) mass is 706 g/mol. The molecule has 276 valence electrons. The summed E-state index contributed by atoms with van der Waals surface area (Å²) in [4.78, 5) is 0. The fraction of sp³-hybridized carbons (Fsp3) is 0.795. The molecule has 7 nitrogen and oxygen atoms in total. The fourth-order valence-electron chi connectivity index (χ4n) is 6.88. The van der Waals surface area contributed by atoms with Crippen molar-refractivity contribution in [2.45, 2.75) is 149 Å². The third-order valence-corrected chi connectivity index (χ3v) is 22.0. The molecule has 9 heteroatoms. The van der Waals surface area contributed by atoms with Crippen LogP contribution in [0.3, 0.4) is 0 Å². The first kappa shape index (κ1) is 42.9. The highest BCUT2D eigenvalue weighted by Gasteiger charge is 2.44. The molecule has 48 heavy (non-hydrogen) atoms. The Bertz CT molecular complexity index is 1110. The molecule has 2 rings (SSSR count). The SMILES string of the molecule is CC[Si](CC)(CC)C[C@H](C)[C@@H](OCOC)[C@@H](C)C#C[C@H](O)C[C@H](O[Si](C)(C)C(C)(C)C)[C@H](C)[C@@H]1O[C@H](c2ccc(OC)cc2)OC[C@@H]1C. The Morgan fingerprint density at radius 3 is 2.10 bits per heavy atom. The van der Waals surface area contributed by atoms with Crippen LogP contribution in [0.25, 0.3) is 0 Å². The molecular weight excluding hydrogens is 637 g/mol. The summed E-state index contributed by atoms with van der Waals surface area (Å²) >= 11 is 0. The Morgan fingerprint density at radius 1 is 0.979 bits per heavy atom. The first-order chi connectivity index (χ1) is 22.5. The third-order valence-electron chi connectivity index (χ3n) is 11.5. The summed E-state index contributed by atoms with van der Waals surface area (Å²) < 4.78 is 36.8. The zero-order chi connectivity index (χ0) is 36.3. The molecule has 0 amide bonds. The van der Waals surface area contributed by atoms with Gasteiger partial charge in [0.15, 0.2) is 14.6 Å². The number of methoxy groups -OCH3 is 2. The van der Waals surface area contributed by atoms with E-state index in [-0.39, 0.29) is 47.9 Å². The summed E-state index contributed by atoms with van der Waals surface area (Å²) in [6, 6.07) is 12.9. The van der Waals surface area contributed by atoms with Crippen molar-refractivity contribution in [3.63, 3.8) is 0 Å². The number of aliphatic hydroxyl groups is 1. The van der Waals surface area contributed by atoms with Crippen molar-refractivity contribution in [3.05, 3.63) is 29.8 Å². The lowest BCUT2D eigenvalue weighted by molar-refractivity contribution is -0.255. The van der Waals surface area contributed by atoms with Crippen LogP contribution in [-0.4, -0.2) is 73.5 Å². The van der Waals surface area contributed by atoms with E-state index >= 15 is 0 Å². The maximum Gasteiger partial charge on any atom is 0.192 e. The highest BCUT2D eigenvalue weighted by Crippen LogP contribution is 2.41. The molecule has 0 spiro atoms. The van der Waals surface area contributed by atoms with Crippen LogP contribution >= 0.6 is 0 Å². The number of benzene rings is 1. The Labute approximate surface area is 296 Å². The Kier molecular flexibility index (Phi) is 17.4. The second-order valence-corrected chi connectivity index (χ2v) is 26.2. The van der Waals surface area contributed by atoms with E-state index < -0.39 is 28.8 Å². The van der Waals surface area contributed by atoms with E-state index in [1.807, 2.05) is 24.3 Å². The number of hydrogen-bond donors (Lipinski definition) is 1. The van der Waals surface area contributed by atoms with Gasteiger partial charge < -0.3 is 33.2 Å². The number of hydrogen-bond acceptors (Lipinski definition) is 7. The lowest BCUT2D eigenvalue weighted by atomic mass is 9.86. The zero-order valence-corrected chi connectivity index (χ0v) is 34.9. The maximum absolute atomic E-state index is 11.5. The summed E-state index contributed by atoms with van der Waals surface area (Å²) in [5.41, 5.74) is 0.956. The van der Waals surface area contributed by atoms with Gasteiger partial charge in [0.05, 0.1) is 40.1 Å². The van der Waals surface area contributed by atoms with Crippen LogP contribution in [0.5, 0.6) is 5.75 Å². The van der Waals surface area contributed by atoms with Crippen LogP contribution in [-0.2, 0) is 23.4 Å². The molecule has 1 N–H and O–H groups in total. The molecule has 0 aliphatic carbocycles. The van der Waals surface area contributed by atoms with Crippen LogP contribution in [0, 0.1) is 35.5 Å². The van der Waals surface area contributed by atoms with Gasteiger partial charge in [0, 0.05) is 36.8 Å². The van der Waals surface area contributed by atoms with Gasteiger partial charge in [-0.25, -0.2) is 0 Å². The van der Waals surface area contributed by atoms with E-state index in [2.05, 4.69) is 94.2 Å². The van der Waals surface area contributed by atoms with Crippen molar-refractivity contribution in [3.8, 4) is 17.6 Å². The minimum Gasteiger partial charge on any atom is -0.497 e. The Balaban J connectivity index is 2.32. The predicted octanol–water partition coefficient (Wildman–Crippen LogP) is 9.30. The van der Waals surface area contributed by atoms with Gasteiger partial charge in [-0.2, -0.15) is 0 Å². The first-order valence-electron chi connectivity index (χ1n) is 18.4. The second kappa shape index (κ2) is 19.4. The van der Waals surface area contributed by atoms with Gasteiger partial charge in [-0.1, -0.05) is 110 Å². The molecule has 1 aliphatic rings. The summed E-state index contributed by atoms with van der Waals surface area (Å²) in [6.07, 6.45) is -1.33. The molecule has 0 aromatic heterocycles. The number of rotatable bonds is 18. The zero-order valence-electron chi connectivity index (χ0n) is 32.9. The standard InChI is InChI=1S/C39H70O7Si2/c1-15-48(16-2,17-3)26-30(6)36(44-27-41-11)28(4)18-21-33(40)24-35(46-47(13,14)39(8,9)10)31(7)37-29(5)25-43-38(45-37)32-19-22-34(42-12)23-20-32/h19-20,22-23,28-31,33,35-38,40H,15-17,24-27H2,1-14H3/t28-,29-,30-,31-,33-,35-,36-,37+,38+/m0/s1. The average Bonchev–Trinajstić information content (AvgIpc) is 3.05. The first-order valence-corrected chi connectivity index (χ1v) is 24.1. The minimum absolute atomic E-state index is 0.000618. The summed E-state index contributed by atoms with van der Waals surface area (Å²) in [7, 11) is -0.222. The van der Waals surface area contributed by atoms with Crippen LogP contribution in [0.2, 0.25) is 42.3 Å². The molecule has 0 bridgehead atoms. The largest absolute Gasteiger partial charge is 0.497 e. The molecule has 1 saturated heterocycles. The van der Waals surface area contributed by atoms with E-state index in [4.69, 9.17) is 28.1 Å². The van der Waals surface area contributed by atoms with Crippen LogP contribution in [0.1, 0.15) is 87.5 Å². The molecular formula is C39H70O7Si2. The van der Waals surface area contributed by atoms with Crippen molar-refractivity contribution in [1.82, 2.24) is 0 Å². The third kappa shape index (κ3) is 11.9. The van der Waals surface area contributed by atoms with Crippen molar-refractivity contribution >= 4 is 16.4 Å². The predicted molar refractivity (Wildman–Crippen MR) is 202 cm³/mol. The maximum atomic E-state index is 11.5. The smallest absolute Gasteiger partial charge is 0.192 e. The molecule has 1 aromatic carbocycles. The highest BCUT2D eigenvalue weighted by molar-refractivity contribution is 6.79. The molecule has 1 aliphatic heterocycles. The average molecular weight is 707 g/mol. The molecule has 1 fully saturated rings. The Morgan fingerprint density at radius 2 is 1.58 bits per heavy atom. The fourth-order valence-corrected chi connectivity index (χ4v) is 12.3. The summed E-state index contributed by atoms with van der Waals surface area (Å²) in [5.74, 6) is 7.89. The van der Waals surface area contributed by atoms with Gasteiger partial charge in [0.25, 0.3) is 0 Å². The molecule has 1 aromatic rings. The minimum atomic E-state index is -2.19. The molecule has 0 unspecified atom stereocenters. The number of ether oxygens (including phenoxy) is 5. The second-order valence-electron chi connectivity index (χ2n) is 15.9. The van der Waals surface area contributed by atoms with E-state index in [0.717, 1.165) is 11.3 Å². The van der Waals surface area contributed by atoms with Crippen LogP contribution in [0.15, 0.2) is 24.3 Å². The lowest BCUT2D eigenvalue weighted by Gasteiger charge is -2.45. The van der Waals surface area contributed by atoms with Gasteiger partial charge in [0.1, 0.15) is 18.6 Å². The van der Waals surface area contributed by atoms with E-state index in [9.17, 15) is 5.11 Å². The van der Waals surface area contributed by atoms with Gasteiger partial charge in [-0.3, -0.25) is 0 Å². The van der Waals surface area contributed by atoms with Gasteiger partial charge in [0.2, 0.25) is 0 Å². The van der Waals surface area contributed by atoms with Crippen LogP contribution in [0.4, 0.5) is 0 Å². The lowest BCUT2D eigenvalue weighted by Crippen LogP contribution is -2.50. The van der Waals surface area contributed by atoms with Gasteiger partial charge in [-0.05, 0) is 43.1 Å². The number of aliphatic hydroxyl groups excluding tert-OH is 1. The van der Waals surface area contributed by atoms with Crippen molar-refractivity contribution in [1.29, 1.82) is 0 Å². The highest BCUT2D eigenvalue weighted by atomic mass is 28.4. The molecule has 1 heterocycles. The van der Waals surface area contributed by atoms with E-state index in [1.165, 1.54) is 24.2 Å². The van der Waals surface area contributed by atoms with Crippen molar-refractivity contribution in [2.75, 3.05) is 27.6 Å². The molecule has 0 saturated carbocycles. The van der Waals surface area contributed by atoms with E-state index in [0.29, 0.717) is 18.9 Å². The summed E-state index contributed by atoms with van der Waals surface area (Å²) in [5, 5.41) is 11.5. The topological polar surface area (TPSA) is 75.6 Å².